The fourth-order valence-corrected chi connectivity index (χ4v) is 5.11. The van der Waals surface area contributed by atoms with E-state index in [-0.39, 0.29) is 24.7 Å². The average molecular weight is 555 g/mol. The molecule has 40 heavy (non-hydrogen) atoms. The molecule has 10 heteroatoms. The highest BCUT2D eigenvalue weighted by atomic mass is 16.6. The monoisotopic (exact) mass is 554 g/mol. The van der Waals surface area contributed by atoms with Gasteiger partial charge in [0, 0.05) is 12.3 Å². The maximum Gasteiger partial charge on any atom is 0.328 e. The number of hydrogen-bond acceptors (Lipinski definition) is 9. The number of amides is 1. The largest absolute Gasteiger partial charge is 0.496 e. The van der Waals surface area contributed by atoms with Crippen molar-refractivity contribution in [2.24, 2.45) is 17.0 Å². The summed E-state index contributed by atoms with van der Waals surface area (Å²) in [4.78, 5) is 43.8. The van der Waals surface area contributed by atoms with Gasteiger partial charge in [-0.15, -0.1) is 0 Å². The van der Waals surface area contributed by atoms with Gasteiger partial charge >= 0.3 is 11.9 Å². The van der Waals surface area contributed by atoms with Gasteiger partial charge in [-0.2, -0.15) is 0 Å². The predicted molar refractivity (Wildman–Crippen MR) is 149 cm³/mol. The summed E-state index contributed by atoms with van der Waals surface area (Å²) < 4.78 is 21.3. The molecule has 0 heterocycles. The second-order valence-corrected chi connectivity index (χ2v) is 9.40. The van der Waals surface area contributed by atoms with Gasteiger partial charge in [0.05, 0.1) is 39.4 Å². The first kappa shape index (κ1) is 30.5. The Labute approximate surface area is 235 Å². The minimum atomic E-state index is -0.990. The van der Waals surface area contributed by atoms with Crippen LogP contribution in [0.1, 0.15) is 38.2 Å². The van der Waals surface area contributed by atoms with Crippen LogP contribution in [-0.2, 0) is 35.1 Å². The second-order valence-electron chi connectivity index (χ2n) is 9.40. The highest BCUT2D eigenvalue weighted by Gasteiger charge is 2.39. The fourth-order valence-electron chi connectivity index (χ4n) is 5.11. The van der Waals surface area contributed by atoms with E-state index < -0.39 is 29.8 Å². The Morgan fingerprint density at radius 3 is 2.10 bits per heavy atom. The van der Waals surface area contributed by atoms with Gasteiger partial charge in [0.15, 0.2) is 0 Å². The number of carbonyl (C=O) groups is 3. The Hall–Kier alpha value is -4.08. The van der Waals surface area contributed by atoms with Crippen molar-refractivity contribution in [1.82, 2.24) is 5.32 Å². The summed E-state index contributed by atoms with van der Waals surface area (Å²) in [5.41, 5.74) is 2.53. The zero-order valence-corrected chi connectivity index (χ0v) is 23.7. The lowest BCUT2D eigenvalue weighted by Gasteiger charge is -2.30. The zero-order valence-electron chi connectivity index (χ0n) is 23.7. The molecule has 3 rings (SSSR count). The molecule has 10 nitrogen and oxygen atoms in total. The van der Waals surface area contributed by atoms with Crippen LogP contribution < -0.4 is 14.8 Å². The summed E-state index contributed by atoms with van der Waals surface area (Å²) in [5.74, 6) is -1.22. The first-order valence-electron chi connectivity index (χ1n) is 13.3. The first-order valence-corrected chi connectivity index (χ1v) is 13.3. The number of methoxy groups -OCH3 is 3. The third-order valence-corrected chi connectivity index (χ3v) is 7.03. The lowest BCUT2D eigenvalue weighted by atomic mass is 9.76. The molecule has 0 aromatic heterocycles. The van der Waals surface area contributed by atoms with Crippen molar-refractivity contribution in [2.45, 2.75) is 45.1 Å². The number of rotatable bonds is 12. The van der Waals surface area contributed by atoms with Crippen LogP contribution in [0.2, 0.25) is 0 Å². The van der Waals surface area contributed by atoms with Crippen molar-refractivity contribution >= 4 is 23.6 Å². The van der Waals surface area contributed by atoms with Gasteiger partial charge in [0.25, 0.3) is 5.91 Å². The number of esters is 2. The van der Waals surface area contributed by atoms with Crippen molar-refractivity contribution < 1.29 is 38.2 Å². The maximum absolute atomic E-state index is 13.5. The summed E-state index contributed by atoms with van der Waals surface area (Å²) in [6.45, 7) is 1.99. The van der Waals surface area contributed by atoms with E-state index in [1.165, 1.54) is 14.2 Å². The minimum absolute atomic E-state index is 0.0628. The van der Waals surface area contributed by atoms with Crippen LogP contribution in [0.15, 0.2) is 47.6 Å². The van der Waals surface area contributed by atoms with Gasteiger partial charge in [0.1, 0.15) is 30.4 Å². The molecule has 1 amide bonds. The van der Waals surface area contributed by atoms with Gasteiger partial charge in [-0.3, -0.25) is 9.59 Å². The van der Waals surface area contributed by atoms with Crippen molar-refractivity contribution in [3.8, 4) is 22.6 Å². The lowest BCUT2D eigenvalue weighted by Crippen LogP contribution is -2.49. The third kappa shape index (κ3) is 7.31. The number of oxime groups is 1. The van der Waals surface area contributed by atoms with Crippen LogP contribution in [-0.4, -0.2) is 64.6 Å². The van der Waals surface area contributed by atoms with Crippen LogP contribution in [0.25, 0.3) is 11.1 Å². The van der Waals surface area contributed by atoms with E-state index in [1.54, 1.807) is 21.1 Å². The smallest absolute Gasteiger partial charge is 0.328 e. The van der Waals surface area contributed by atoms with E-state index in [1.807, 2.05) is 42.5 Å². The molecule has 1 aliphatic rings. The standard InChI is InChI=1S/C30H38N2O8/c1-6-40-29(34)22-11-8-7-10-21(22)27(32-39-5)28(33)31-23(30(35)38-4)18-19-14-16-20(17-15-19)26-24(36-2)12-9-13-25(26)37-3/h9,12-17,21-23H,6-8,10-11,18H2,1-5H3,(H,31,33)/b32-27+. The van der Waals surface area contributed by atoms with Gasteiger partial charge in [-0.25, -0.2) is 4.79 Å². The molecule has 0 spiro atoms. The van der Waals surface area contributed by atoms with Crippen molar-refractivity contribution in [1.29, 1.82) is 0 Å². The van der Waals surface area contributed by atoms with E-state index in [4.69, 9.17) is 23.8 Å². The van der Waals surface area contributed by atoms with Gasteiger partial charge in [-0.1, -0.05) is 48.3 Å². The van der Waals surface area contributed by atoms with E-state index >= 15 is 0 Å². The Morgan fingerprint density at radius 2 is 1.55 bits per heavy atom. The van der Waals surface area contributed by atoms with Crippen LogP contribution in [0.4, 0.5) is 0 Å². The Balaban J connectivity index is 1.82. The summed E-state index contributed by atoms with van der Waals surface area (Å²) in [6, 6.07) is 12.1. The highest BCUT2D eigenvalue weighted by Crippen LogP contribution is 2.38. The molecule has 2 aromatic rings. The molecule has 1 fully saturated rings. The topological polar surface area (TPSA) is 122 Å². The lowest BCUT2D eigenvalue weighted by molar-refractivity contribution is -0.150. The Kier molecular flexibility index (Phi) is 11.4. The van der Waals surface area contributed by atoms with Crippen LogP contribution >= 0.6 is 0 Å². The van der Waals surface area contributed by atoms with Crippen LogP contribution in [0, 0.1) is 11.8 Å². The molecule has 0 aliphatic heterocycles. The third-order valence-electron chi connectivity index (χ3n) is 7.03. The molecule has 2 aromatic carbocycles. The summed E-state index contributed by atoms with van der Waals surface area (Å²) in [7, 11) is 5.80. The summed E-state index contributed by atoms with van der Waals surface area (Å²) in [6.07, 6.45) is 3.02. The first-order chi connectivity index (χ1) is 19.4. The maximum atomic E-state index is 13.5. The Morgan fingerprint density at radius 1 is 0.925 bits per heavy atom. The molecule has 3 unspecified atom stereocenters. The highest BCUT2D eigenvalue weighted by molar-refractivity contribution is 6.40. The van der Waals surface area contributed by atoms with Gasteiger partial charge in [0.2, 0.25) is 0 Å². The van der Waals surface area contributed by atoms with Gasteiger partial charge < -0.3 is 29.1 Å². The van der Waals surface area contributed by atoms with E-state index in [9.17, 15) is 14.4 Å². The van der Waals surface area contributed by atoms with E-state index in [0.29, 0.717) is 24.3 Å². The molecule has 3 atom stereocenters. The number of benzene rings is 2. The minimum Gasteiger partial charge on any atom is -0.496 e. The molecular formula is C30H38N2O8. The molecule has 0 bridgehead atoms. The van der Waals surface area contributed by atoms with Crippen molar-refractivity contribution in [3.05, 3.63) is 48.0 Å². The summed E-state index contributed by atoms with van der Waals surface area (Å²) >= 11 is 0. The van der Waals surface area contributed by atoms with Crippen molar-refractivity contribution in [2.75, 3.05) is 35.0 Å². The fraction of sp³-hybridized carbons (Fsp3) is 0.467. The summed E-state index contributed by atoms with van der Waals surface area (Å²) in [5, 5.41) is 6.74. The van der Waals surface area contributed by atoms with E-state index in [0.717, 1.165) is 29.5 Å². The quantitative estimate of drug-likeness (QED) is 0.238. The van der Waals surface area contributed by atoms with Gasteiger partial charge in [-0.05, 0) is 43.0 Å². The number of nitrogens with one attached hydrogen (secondary N) is 1. The molecule has 216 valence electrons. The molecular weight excluding hydrogens is 516 g/mol. The van der Waals surface area contributed by atoms with Crippen molar-refractivity contribution in [3.63, 3.8) is 0 Å². The number of carbonyl (C=O) groups excluding carboxylic acids is 3. The van der Waals surface area contributed by atoms with Crippen LogP contribution in [0.5, 0.6) is 11.5 Å². The molecule has 1 N–H and O–H groups in total. The normalized spacial score (nSPS) is 17.8. The zero-order chi connectivity index (χ0) is 29.1. The number of hydrogen-bond donors (Lipinski definition) is 1. The number of nitrogens with zero attached hydrogens (tertiary/aromatic N) is 1. The molecule has 1 aliphatic carbocycles. The Bertz CT molecular complexity index is 1170. The molecule has 0 saturated heterocycles. The second kappa shape index (κ2) is 14.9. The SMILES string of the molecule is CCOC(=O)C1CCCCC1/C(=N\OC)C(=O)NC(Cc1ccc(-c2c(OC)cccc2OC)cc1)C(=O)OC. The molecule has 0 radical (unpaired) electrons. The van der Waals surface area contributed by atoms with E-state index in [2.05, 4.69) is 10.5 Å². The predicted octanol–water partition coefficient (Wildman–Crippen LogP) is 3.94. The molecule has 1 saturated carbocycles. The van der Waals surface area contributed by atoms with Crippen LogP contribution in [0.3, 0.4) is 0 Å². The average Bonchev–Trinajstić information content (AvgIpc) is 2.99. The number of ether oxygens (including phenoxy) is 4.